The maximum absolute atomic E-state index is 11.2. The molecule has 1 fully saturated rings. The van der Waals surface area contributed by atoms with E-state index >= 15 is 0 Å². The first kappa shape index (κ1) is 27.3. The highest BCUT2D eigenvalue weighted by Gasteiger charge is 2.30. The first-order valence-electron chi connectivity index (χ1n) is 9.99. The Morgan fingerprint density at radius 1 is 1.07 bits per heavy atom. The minimum Gasteiger partial charge on any atom is -0.507 e. The predicted octanol–water partition coefficient (Wildman–Crippen LogP) is 5.74. The van der Waals surface area contributed by atoms with E-state index in [4.69, 9.17) is 0 Å². The van der Waals surface area contributed by atoms with Crippen LogP contribution in [-0.4, -0.2) is 36.2 Å². The summed E-state index contributed by atoms with van der Waals surface area (Å²) in [6.45, 7) is 21.3. The van der Waals surface area contributed by atoms with Crippen molar-refractivity contribution in [3.63, 3.8) is 0 Å². The minimum atomic E-state index is -0.0907. The molecule has 0 unspecified atom stereocenters. The van der Waals surface area contributed by atoms with Crippen LogP contribution in [0.25, 0.3) is 0 Å². The third-order valence-corrected chi connectivity index (χ3v) is 5.41. The molecular formula is C23H40Cl2N2O. The van der Waals surface area contributed by atoms with Gasteiger partial charge < -0.3 is 10.4 Å². The second-order valence-corrected chi connectivity index (χ2v) is 9.63. The molecule has 0 amide bonds. The zero-order chi connectivity index (χ0) is 19.5. The summed E-state index contributed by atoms with van der Waals surface area (Å²) in [6.07, 6.45) is 3.94. The average Bonchev–Trinajstić information content (AvgIpc) is 2.55. The van der Waals surface area contributed by atoms with E-state index in [1.807, 2.05) is 6.08 Å². The molecule has 0 spiro atoms. The summed E-state index contributed by atoms with van der Waals surface area (Å²) >= 11 is 0. The van der Waals surface area contributed by atoms with Gasteiger partial charge in [0.25, 0.3) is 0 Å². The van der Waals surface area contributed by atoms with Gasteiger partial charge in [-0.05, 0) is 40.9 Å². The van der Waals surface area contributed by atoms with E-state index in [0.717, 1.165) is 50.1 Å². The lowest BCUT2D eigenvalue weighted by Gasteiger charge is -2.37. The second-order valence-electron chi connectivity index (χ2n) is 9.63. The summed E-state index contributed by atoms with van der Waals surface area (Å²) in [4.78, 5) is 2.52. The number of benzene rings is 1. The lowest BCUT2D eigenvalue weighted by atomic mass is 9.77. The third kappa shape index (κ3) is 6.66. The summed E-state index contributed by atoms with van der Waals surface area (Å²) in [6, 6.07) is 4.69. The van der Waals surface area contributed by atoms with Gasteiger partial charge in [-0.1, -0.05) is 53.7 Å². The largest absolute Gasteiger partial charge is 0.507 e. The van der Waals surface area contributed by atoms with Crippen LogP contribution in [0.4, 0.5) is 0 Å². The molecule has 1 aliphatic rings. The molecule has 0 aliphatic carbocycles. The topological polar surface area (TPSA) is 35.5 Å². The number of nitrogens with zero attached hydrogens (tertiary/aromatic N) is 1. The molecular weight excluding hydrogens is 391 g/mol. The Balaban J connectivity index is 0.00000364. The van der Waals surface area contributed by atoms with Crippen LogP contribution in [-0.2, 0) is 10.8 Å². The Bertz CT molecular complexity index is 627. The molecule has 1 atom stereocenters. The van der Waals surface area contributed by atoms with E-state index in [-0.39, 0.29) is 41.7 Å². The van der Waals surface area contributed by atoms with Crippen LogP contribution in [0.3, 0.4) is 0 Å². The van der Waals surface area contributed by atoms with Crippen LogP contribution in [0, 0.1) is 0 Å². The van der Waals surface area contributed by atoms with Gasteiger partial charge in [0.1, 0.15) is 5.75 Å². The fourth-order valence-electron chi connectivity index (χ4n) is 3.72. The minimum absolute atomic E-state index is 0. The Morgan fingerprint density at radius 2 is 1.64 bits per heavy atom. The number of rotatable bonds is 5. The molecule has 0 bridgehead atoms. The van der Waals surface area contributed by atoms with Crippen LogP contribution in [0.2, 0.25) is 0 Å². The molecule has 3 nitrogen and oxygen atoms in total. The molecule has 2 rings (SSSR count). The number of hydrogen-bond acceptors (Lipinski definition) is 3. The molecule has 162 valence electrons. The highest BCUT2D eigenvalue weighted by Crippen LogP contribution is 2.42. The highest BCUT2D eigenvalue weighted by atomic mass is 35.5. The Hall–Kier alpha value is -0.740. The molecule has 1 saturated heterocycles. The Labute approximate surface area is 184 Å². The second kappa shape index (κ2) is 10.9. The lowest BCUT2D eigenvalue weighted by Crippen LogP contribution is -2.45. The Morgan fingerprint density at radius 3 is 2.11 bits per heavy atom. The van der Waals surface area contributed by atoms with Crippen LogP contribution in [0.5, 0.6) is 5.75 Å². The monoisotopic (exact) mass is 430 g/mol. The molecule has 28 heavy (non-hydrogen) atoms. The van der Waals surface area contributed by atoms with Gasteiger partial charge in [0.15, 0.2) is 0 Å². The average molecular weight is 431 g/mol. The van der Waals surface area contributed by atoms with Crippen molar-refractivity contribution in [2.24, 2.45) is 0 Å². The number of nitrogens with one attached hydrogen (secondary N) is 1. The number of phenolic OH excluding ortho intramolecular Hbond substituents is 1. The van der Waals surface area contributed by atoms with E-state index < -0.39 is 0 Å². The van der Waals surface area contributed by atoms with E-state index in [0.29, 0.717) is 5.75 Å². The van der Waals surface area contributed by atoms with E-state index in [2.05, 4.69) is 70.5 Å². The van der Waals surface area contributed by atoms with Gasteiger partial charge in [0.2, 0.25) is 0 Å². The van der Waals surface area contributed by atoms with Gasteiger partial charge in [-0.15, -0.1) is 31.4 Å². The van der Waals surface area contributed by atoms with Gasteiger partial charge in [-0.3, -0.25) is 4.90 Å². The molecule has 1 aliphatic heterocycles. The summed E-state index contributed by atoms with van der Waals surface area (Å²) in [5.41, 5.74) is 3.40. The zero-order valence-corrected chi connectivity index (χ0v) is 20.1. The van der Waals surface area contributed by atoms with E-state index in [1.54, 1.807) is 0 Å². The van der Waals surface area contributed by atoms with Crippen molar-refractivity contribution in [3.8, 4) is 5.75 Å². The van der Waals surface area contributed by atoms with Crippen molar-refractivity contribution in [3.05, 3.63) is 41.5 Å². The predicted molar refractivity (Wildman–Crippen MR) is 127 cm³/mol. The van der Waals surface area contributed by atoms with Gasteiger partial charge in [0.05, 0.1) is 0 Å². The van der Waals surface area contributed by atoms with Crippen LogP contribution in [0.1, 0.15) is 77.1 Å². The van der Waals surface area contributed by atoms with Crippen molar-refractivity contribution >= 4 is 24.8 Å². The van der Waals surface area contributed by atoms with Gasteiger partial charge >= 0.3 is 0 Å². The first-order valence-corrected chi connectivity index (χ1v) is 9.99. The smallest absolute Gasteiger partial charge is 0.124 e. The number of hydrogen-bond donors (Lipinski definition) is 2. The molecule has 0 aromatic heterocycles. The molecule has 1 heterocycles. The quantitative estimate of drug-likeness (QED) is 0.584. The van der Waals surface area contributed by atoms with Gasteiger partial charge in [-0.2, -0.15) is 0 Å². The van der Waals surface area contributed by atoms with Crippen LogP contribution in [0.15, 0.2) is 24.8 Å². The summed E-state index contributed by atoms with van der Waals surface area (Å²) in [5.74, 6) is 0.484. The normalized spacial score (nSPS) is 16.6. The fourth-order valence-corrected chi connectivity index (χ4v) is 3.72. The summed E-state index contributed by atoms with van der Waals surface area (Å²) < 4.78 is 0. The zero-order valence-electron chi connectivity index (χ0n) is 18.5. The van der Waals surface area contributed by atoms with Crippen LogP contribution < -0.4 is 5.32 Å². The number of halogens is 2. The van der Waals surface area contributed by atoms with E-state index in [1.165, 1.54) is 5.56 Å². The van der Waals surface area contributed by atoms with Crippen molar-refractivity contribution in [2.75, 3.05) is 26.2 Å². The SMILES string of the molecule is C=CCC[C@@H](c1cc(C(C)(C)C)cc(C(C)(C)C)c1O)N1CCNCC1.Cl.Cl. The van der Waals surface area contributed by atoms with Gasteiger partial charge in [0, 0.05) is 37.8 Å². The maximum atomic E-state index is 11.2. The molecule has 1 aromatic carbocycles. The first-order chi connectivity index (χ1) is 12.1. The van der Waals surface area contributed by atoms with Crippen LogP contribution >= 0.6 is 24.8 Å². The standard InChI is InChI=1S/C23H38N2O.2ClH/c1-8-9-10-20(25-13-11-24-12-14-25)18-15-17(22(2,3)4)16-19(21(18)26)23(5,6)7;;/h8,15-16,20,24,26H,1,9-14H2,2-7H3;2*1H/t20-;;/m0../s1. The Kier molecular flexibility index (Phi) is 10.6. The molecule has 1 aromatic rings. The fraction of sp³-hybridized carbons (Fsp3) is 0.652. The van der Waals surface area contributed by atoms with Crippen molar-refractivity contribution in [1.82, 2.24) is 10.2 Å². The number of allylic oxidation sites excluding steroid dienone is 1. The molecule has 5 heteroatoms. The molecule has 0 saturated carbocycles. The number of aromatic hydroxyl groups is 1. The summed E-state index contributed by atoms with van der Waals surface area (Å²) in [5, 5.41) is 14.7. The maximum Gasteiger partial charge on any atom is 0.124 e. The molecule has 2 N–H and O–H groups in total. The summed E-state index contributed by atoms with van der Waals surface area (Å²) in [7, 11) is 0. The van der Waals surface area contributed by atoms with Crippen molar-refractivity contribution < 1.29 is 5.11 Å². The van der Waals surface area contributed by atoms with Crippen molar-refractivity contribution in [1.29, 1.82) is 0 Å². The number of piperazine rings is 1. The lowest BCUT2D eigenvalue weighted by molar-refractivity contribution is 0.163. The van der Waals surface area contributed by atoms with E-state index in [9.17, 15) is 5.11 Å². The highest BCUT2D eigenvalue weighted by molar-refractivity contribution is 5.85. The number of phenols is 1. The molecule has 0 radical (unpaired) electrons. The third-order valence-electron chi connectivity index (χ3n) is 5.41. The van der Waals surface area contributed by atoms with Gasteiger partial charge in [-0.25, -0.2) is 0 Å². The van der Waals surface area contributed by atoms with Crippen molar-refractivity contribution in [2.45, 2.75) is 71.3 Å².